The maximum Gasteiger partial charge on any atom is 0.137 e. The van der Waals surface area contributed by atoms with E-state index >= 15 is 0 Å². The van der Waals surface area contributed by atoms with E-state index in [9.17, 15) is 0 Å². The van der Waals surface area contributed by atoms with E-state index in [4.69, 9.17) is 12.1 Å². The molecule has 57 heavy (non-hydrogen) atoms. The van der Waals surface area contributed by atoms with Crippen LogP contribution >= 0.6 is 11.3 Å². The van der Waals surface area contributed by atoms with E-state index in [0.717, 1.165) is 77.8 Å². The average molecular weight is 962 g/mol. The molecule has 0 unspecified atom stereocenters. The molecule has 0 aliphatic rings. The second-order valence-electron chi connectivity index (χ2n) is 17.1. The predicted molar refractivity (Wildman–Crippen MR) is 241 cm³/mol. The van der Waals surface area contributed by atoms with Gasteiger partial charge in [-0.1, -0.05) is 130 Å². The SMILES string of the molecule is CC(C)Cc1cc(-c2[c-]cccc2)ncc1[Si](C)(C)C.[2H]C([2H])(c1ccc2c(-c3nc4ccccc4n3-c3ccc4c(c3)oc3ccccc34)[c-]sc2c1)C(C)(C)C.[Ir]. The Bertz CT molecular complexity index is 2920. The van der Waals surface area contributed by atoms with Gasteiger partial charge in [0.05, 0.1) is 24.9 Å². The first-order chi connectivity index (χ1) is 27.6. The van der Waals surface area contributed by atoms with Crippen LogP contribution in [0, 0.1) is 22.8 Å². The van der Waals surface area contributed by atoms with E-state index < -0.39 is 19.9 Å². The molecule has 4 aromatic heterocycles. The number of hydrogen-bond donors (Lipinski definition) is 0. The summed E-state index contributed by atoms with van der Waals surface area (Å²) >= 11 is 1.51. The molecule has 4 nitrogen and oxygen atoms in total. The minimum absolute atomic E-state index is 0. The zero-order valence-corrected chi connectivity index (χ0v) is 38.0. The van der Waals surface area contributed by atoms with Crippen LogP contribution in [0.5, 0.6) is 0 Å². The third kappa shape index (κ3) is 8.63. The van der Waals surface area contributed by atoms with Crippen molar-refractivity contribution in [2.45, 2.75) is 67.1 Å². The third-order valence-corrected chi connectivity index (χ3v) is 12.8. The van der Waals surface area contributed by atoms with E-state index in [1.165, 1.54) is 22.1 Å². The third-order valence-electron chi connectivity index (χ3n) is 9.85. The monoisotopic (exact) mass is 962 g/mol. The number of furan rings is 1. The van der Waals surface area contributed by atoms with Crippen LogP contribution in [-0.2, 0) is 32.9 Å². The fourth-order valence-corrected chi connectivity index (χ4v) is 9.91. The van der Waals surface area contributed by atoms with Gasteiger partial charge in [-0.15, -0.1) is 47.3 Å². The Hall–Kier alpha value is -4.65. The van der Waals surface area contributed by atoms with E-state index in [0.29, 0.717) is 11.5 Å². The Morgan fingerprint density at radius 1 is 0.842 bits per heavy atom. The largest absolute Gasteiger partial charge is 0.456 e. The molecule has 7 heteroatoms. The smallest absolute Gasteiger partial charge is 0.137 e. The molecule has 0 fully saturated rings. The second-order valence-corrected chi connectivity index (χ2v) is 22.9. The van der Waals surface area contributed by atoms with Crippen LogP contribution < -0.4 is 5.19 Å². The number of pyridine rings is 1. The van der Waals surface area contributed by atoms with Crippen molar-refractivity contribution in [2.75, 3.05) is 0 Å². The number of thiophene rings is 1. The molecule has 0 atom stereocenters. The molecular formula is C50H49IrN3OSSi-2. The average Bonchev–Trinajstić information content (AvgIpc) is 3.90. The second kappa shape index (κ2) is 16.3. The van der Waals surface area contributed by atoms with Gasteiger partial charge in [0, 0.05) is 51.6 Å². The van der Waals surface area contributed by atoms with Crippen molar-refractivity contribution in [2.24, 2.45) is 11.3 Å². The molecule has 0 bridgehead atoms. The normalized spacial score (nSPS) is 12.8. The van der Waals surface area contributed by atoms with Crippen LogP contribution in [0.15, 0.2) is 126 Å². The van der Waals surface area contributed by atoms with Crippen molar-refractivity contribution < 1.29 is 27.3 Å². The number of benzene rings is 5. The molecule has 0 saturated heterocycles. The van der Waals surface area contributed by atoms with Gasteiger partial charge in [-0.2, -0.15) is 0 Å². The summed E-state index contributed by atoms with van der Waals surface area (Å²) < 4.78 is 26.8. The molecule has 0 spiro atoms. The summed E-state index contributed by atoms with van der Waals surface area (Å²) in [6, 6.07) is 42.1. The molecule has 5 aromatic carbocycles. The van der Waals surface area contributed by atoms with E-state index in [1.807, 2.05) is 93.6 Å². The van der Waals surface area contributed by atoms with Gasteiger partial charge >= 0.3 is 0 Å². The standard InChI is InChI=1S/C32H25N2OS.C18H24NSi.Ir/c1-32(2,3)18-20-12-14-24-25(19-36-30(24)16-20)31-33-26-9-5-6-10-27(26)34(31)21-13-15-23-22-8-4-7-11-28(22)35-29(23)17-21;1-14(2)11-16-12-17(15-9-7-6-8-10-15)19-13-18(16)20(3,4)5;/h4-17H,18H2,1-3H3;6-9,12-14H,11H2,1-5H3;/q2*-1;/i18D2;;. The number of nitrogens with zero attached hydrogens (tertiary/aromatic N) is 3. The molecule has 4 heterocycles. The zero-order chi connectivity index (χ0) is 41.0. The quantitative estimate of drug-likeness (QED) is 0.118. The summed E-state index contributed by atoms with van der Waals surface area (Å²) in [5.41, 5.74) is 9.26. The first kappa shape index (κ1) is 37.9. The minimum Gasteiger partial charge on any atom is -0.456 e. The first-order valence-electron chi connectivity index (χ1n) is 20.4. The maximum atomic E-state index is 8.73. The van der Waals surface area contributed by atoms with Gasteiger partial charge in [-0.05, 0) is 65.3 Å². The Balaban J connectivity index is 0.000000214. The summed E-state index contributed by atoms with van der Waals surface area (Å²) in [7, 11) is -1.34. The van der Waals surface area contributed by atoms with Crippen molar-refractivity contribution in [3.8, 4) is 28.3 Å². The molecule has 1 radical (unpaired) electrons. The van der Waals surface area contributed by atoms with Crippen molar-refractivity contribution in [3.63, 3.8) is 0 Å². The van der Waals surface area contributed by atoms with Crippen molar-refractivity contribution in [1.82, 2.24) is 14.5 Å². The molecule has 0 aliphatic heterocycles. The molecule has 0 saturated carbocycles. The number of hydrogen-bond acceptors (Lipinski definition) is 4. The molecule has 0 amide bonds. The number of rotatable bonds is 7. The Morgan fingerprint density at radius 2 is 1.58 bits per heavy atom. The minimum atomic E-state index is -1.46. The van der Waals surface area contributed by atoms with Crippen molar-refractivity contribution in [1.29, 1.82) is 0 Å². The van der Waals surface area contributed by atoms with Crippen molar-refractivity contribution >= 4 is 67.7 Å². The molecule has 0 aliphatic carbocycles. The molecule has 9 aromatic rings. The summed E-state index contributed by atoms with van der Waals surface area (Å²) in [4.78, 5) is 9.74. The fourth-order valence-electron chi connectivity index (χ4n) is 7.44. The Kier molecular flexibility index (Phi) is 10.8. The van der Waals surface area contributed by atoms with Crippen LogP contribution in [0.3, 0.4) is 0 Å². The van der Waals surface area contributed by atoms with E-state index in [1.54, 1.807) is 0 Å². The van der Waals surface area contributed by atoms with Crippen molar-refractivity contribution in [3.05, 3.63) is 144 Å². The summed E-state index contributed by atoms with van der Waals surface area (Å²) in [5.74, 6) is 1.47. The summed E-state index contributed by atoms with van der Waals surface area (Å²) in [6.45, 7) is 17.5. The van der Waals surface area contributed by atoms with Gasteiger partial charge in [0.1, 0.15) is 11.2 Å². The van der Waals surface area contributed by atoms with Crippen LogP contribution in [0.4, 0.5) is 0 Å². The zero-order valence-electron chi connectivity index (χ0n) is 35.8. The van der Waals surface area contributed by atoms with Gasteiger partial charge in [0.2, 0.25) is 0 Å². The Labute approximate surface area is 358 Å². The van der Waals surface area contributed by atoms with Gasteiger partial charge < -0.3 is 14.0 Å². The van der Waals surface area contributed by atoms with Crippen LogP contribution in [-0.4, -0.2) is 22.6 Å². The van der Waals surface area contributed by atoms with E-state index in [2.05, 4.69) is 103 Å². The van der Waals surface area contributed by atoms with E-state index in [-0.39, 0.29) is 20.1 Å². The number of fused-ring (bicyclic) bond motifs is 5. The number of imidazole rings is 1. The predicted octanol–water partition coefficient (Wildman–Crippen LogP) is 13.5. The number of aromatic nitrogens is 3. The van der Waals surface area contributed by atoms with Gasteiger partial charge in [0.25, 0.3) is 0 Å². The topological polar surface area (TPSA) is 43.9 Å². The summed E-state index contributed by atoms with van der Waals surface area (Å²) in [5, 5.41) is 8.19. The molecule has 291 valence electrons. The number of para-hydroxylation sites is 3. The molecule has 0 N–H and O–H groups in total. The van der Waals surface area contributed by atoms with Crippen LogP contribution in [0.1, 0.15) is 48.5 Å². The fraction of sp³-hybridized carbons (Fsp3) is 0.240. The van der Waals surface area contributed by atoms with Crippen LogP contribution in [0.25, 0.3) is 71.4 Å². The molecule has 9 rings (SSSR count). The van der Waals surface area contributed by atoms with Gasteiger partial charge in [-0.25, -0.2) is 0 Å². The summed E-state index contributed by atoms with van der Waals surface area (Å²) in [6.07, 6.45) is 1.78. The van der Waals surface area contributed by atoms with Gasteiger partial charge in [-0.3, -0.25) is 16.3 Å². The Morgan fingerprint density at radius 3 is 2.33 bits per heavy atom. The first-order valence-corrected chi connectivity index (χ1v) is 23.7. The maximum absolute atomic E-state index is 8.73. The molecular weight excluding hydrogens is 911 g/mol. The van der Waals surface area contributed by atoms with Crippen LogP contribution in [0.2, 0.25) is 19.6 Å². The van der Waals surface area contributed by atoms with Gasteiger partial charge in [0.15, 0.2) is 0 Å².